The van der Waals surface area contributed by atoms with Crippen LogP contribution < -0.4 is 21.3 Å². The predicted molar refractivity (Wildman–Crippen MR) is 127 cm³/mol. The molecule has 1 aliphatic rings. The van der Waals surface area contributed by atoms with E-state index in [0.29, 0.717) is 18.1 Å². The van der Waals surface area contributed by atoms with Gasteiger partial charge in [0.1, 0.15) is 5.82 Å². The number of allylic oxidation sites excluding steroid dienone is 3. The summed E-state index contributed by atoms with van der Waals surface area (Å²) in [5.74, 6) is -3.27. The fraction of sp³-hybridized carbons (Fsp3) is 0.154. The molecule has 4 nitrogen and oxygen atoms in total. The largest absolute Gasteiger partial charge is 0.381 e. The van der Waals surface area contributed by atoms with Gasteiger partial charge in [-0.1, -0.05) is 38.3 Å². The summed E-state index contributed by atoms with van der Waals surface area (Å²) in [5, 5.41) is 12.7. The summed E-state index contributed by atoms with van der Waals surface area (Å²) < 4.78 is 40.1. The lowest BCUT2D eigenvalue weighted by atomic mass is 10.1. The van der Waals surface area contributed by atoms with Gasteiger partial charge < -0.3 is 21.3 Å². The normalized spacial score (nSPS) is 13.3. The van der Waals surface area contributed by atoms with Crippen LogP contribution >= 0.6 is 0 Å². The average molecular weight is 453 g/mol. The van der Waals surface area contributed by atoms with Gasteiger partial charge in [-0.05, 0) is 53.5 Å². The molecule has 0 bridgehead atoms. The topological polar surface area (TPSA) is 48.1 Å². The Labute approximate surface area is 192 Å². The number of rotatable bonds is 10. The third-order valence-corrected chi connectivity index (χ3v) is 5.03. The first-order chi connectivity index (χ1) is 15.9. The Morgan fingerprint density at radius 2 is 1.70 bits per heavy atom. The average Bonchev–Trinajstić information content (AvgIpc) is 2.81. The first kappa shape index (κ1) is 23.8. The highest BCUT2D eigenvalue weighted by Gasteiger charge is 2.11. The van der Waals surface area contributed by atoms with Crippen LogP contribution in [0, 0.1) is 17.5 Å². The van der Waals surface area contributed by atoms with Crippen molar-refractivity contribution in [3.63, 3.8) is 0 Å². The molecule has 0 atom stereocenters. The van der Waals surface area contributed by atoms with Crippen molar-refractivity contribution in [3.05, 3.63) is 125 Å². The van der Waals surface area contributed by atoms with Crippen LogP contribution in [-0.2, 0) is 13.0 Å². The highest BCUT2D eigenvalue weighted by molar-refractivity contribution is 5.50. The Bertz CT molecular complexity index is 1090. The molecule has 0 amide bonds. The van der Waals surface area contributed by atoms with Gasteiger partial charge in [-0.2, -0.15) is 0 Å². The Morgan fingerprint density at radius 3 is 2.33 bits per heavy atom. The van der Waals surface area contributed by atoms with Gasteiger partial charge in [0.2, 0.25) is 0 Å². The van der Waals surface area contributed by atoms with Crippen LogP contribution in [0.3, 0.4) is 0 Å². The van der Waals surface area contributed by atoms with Crippen LogP contribution in [0.4, 0.5) is 18.9 Å². The van der Waals surface area contributed by atoms with E-state index in [2.05, 4.69) is 41.3 Å². The zero-order chi connectivity index (χ0) is 23.8. The van der Waals surface area contributed by atoms with Crippen LogP contribution in [-0.4, -0.2) is 6.54 Å². The fourth-order valence-corrected chi connectivity index (χ4v) is 3.12. The Kier molecular flexibility index (Phi) is 8.02. The molecule has 0 aromatic heterocycles. The third-order valence-electron chi connectivity index (χ3n) is 5.03. The maximum Gasteiger partial charge on any atom is 0.194 e. The molecule has 0 saturated carbocycles. The Morgan fingerprint density at radius 1 is 1.00 bits per heavy atom. The van der Waals surface area contributed by atoms with Crippen LogP contribution in [0.15, 0.2) is 96.8 Å². The smallest absolute Gasteiger partial charge is 0.194 e. The van der Waals surface area contributed by atoms with Crippen molar-refractivity contribution >= 4 is 5.69 Å². The van der Waals surface area contributed by atoms with Crippen molar-refractivity contribution < 1.29 is 13.2 Å². The van der Waals surface area contributed by atoms with E-state index in [9.17, 15) is 13.2 Å². The van der Waals surface area contributed by atoms with Gasteiger partial charge in [0.15, 0.2) is 17.5 Å². The first-order valence-electron chi connectivity index (χ1n) is 10.5. The maximum atomic E-state index is 13.5. The SMILES string of the molecule is C=C(/C=C(\NCC1=CC=CNC1=C)Nc1ccc(CC)cc1)NCc1cc(F)c(F)c(F)c1. The molecule has 1 aliphatic heterocycles. The number of nitrogens with one attached hydrogen (secondary N) is 4. The number of hydrogen-bond acceptors (Lipinski definition) is 4. The van der Waals surface area contributed by atoms with Gasteiger partial charge in [0, 0.05) is 42.4 Å². The molecule has 1 heterocycles. The first-order valence-corrected chi connectivity index (χ1v) is 10.5. The second-order valence-corrected chi connectivity index (χ2v) is 7.51. The number of halogens is 3. The van der Waals surface area contributed by atoms with Crippen LogP contribution in [0.1, 0.15) is 18.1 Å². The zero-order valence-electron chi connectivity index (χ0n) is 18.4. The molecule has 0 fully saturated rings. The third kappa shape index (κ3) is 6.80. The van der Waals surface area contributed by atoms with E-state index in [1.807, 2.05) is 42.6 Å². The monoisotopic (exact) mass is 452 g/mol. The summed E-state index contributed by atoms with van der Waals surface area (Å²) in [6.45, 7) is 10.6. The molecular formula is C26H27F3N4. The summed E-state index contributed by atoms with van der Waals surface area (Å²) >= 11 is 0. The molecule has 0 aliphatic carbocycles. The van der Waals surface area contributed by atoms with Crippen molar-refractivity contribution in [3.8, 4) is 0 Å². The Balaban J connectivity index is 1.71. The summed E-state index contributed by atoms with van der Waals surface area (Å²) in [4.78, 5) is 0. The maximum absolute atomic E-state index is 13.5. The van der Waals surface area contributed by atoms with Crippen molar-refractivity contribution in [1.82, 2.24) is 16.0 Å². The molecule has 2 aromatic rings. The quantitative estimate of drug-likeness (QED) is 0.289. The van der Waals surface area contributed by atoms with E-state index in [1.54, 1.807) is 6.08 Å². The summed E-state index contributed by atoms with van der Waals surface area (Å²) in [6, 6.07) is 9.97. The van der Waals surface area contributed by atoms with E-state index in [1.165, 1.54) is 5.56 Å². The van der Waals surface area contributed by atoms with Crippen LogP contribution in [0.2, 0.25) is 0 Å². The number of benzene rings is 2. The molecule has 0 saturated heterocycles. The lowest BCUT2D eigenvalue weighted by molar-refractivity contribution is 0.445. The van der Waals surface area contributed by atoms with Gasteiger partial charge >= 0.3 is 0 Å². The predicted octanol–water partition coefficient (Wildman–Crippen LogP) is 5.37. The molecule has 2 aromatic carbocycles. The van der Waals surface area contributed by atoms with Crippen molar-refractivity contribution in [2.75, 3.05) is 11.9 Å². The second kappa shape index (κ2) is 11.1. The van der Waals surface area contributed by atoms with E-state index in [-0.39, 0.29) is 12.1 Å². The molecule has 33 heavy (non-hydrogen) atoms. The molecule has 4 N–H and O–H groups in total. The van der Waals surface area contributed by atoms with Crippen molar-refractivity contribution in [1.29, 1.82) is 0 Å². The molecule has 0 spiro atoms. The lowest BCUT2D eigenvalue weighted by Crippen LogP contribution is -2.26. The van der Waals surface area contributed by atoms with E-state index >= 15 is 0 Å². The van der Waals surface area contributed by atoms with Crippen LogP contribution in [0.5, 0.6) is 0 Å². The van der Waals surface area contributed by atoms with E-state index in [0.717, 1.165) is 35.5 Å². The number of aryl methyl sites for hydroxylation is 1. The van der Waals surface area contributed by atoms with Crippen LogP contribution in [0.25, 0.3) is 0 Å². The summed E-state index contributed by atoms with van der Waals surface area (Å²) in [7, 11) is 0. The van der Waals surface area contributed by atoms with E-state index < -0.39 is 17.5 Å². The highest BCUT2D eigenvalue weighted by atomic mass is 19.2. The molecule has 3 rings (SSSR count). The summed E-state index contributed by atoms with van der Waals surface area (Å²) in [5.41, 5.74) is 4.66. The highest BCUT2D eigenvalue weighted by Crippen LogP contribution is 2.15. The van der Waals surface area contributed by atoms with Gasteiger partial charge in [0.25, 0.3) is 0 Å². The van der Waals surface area contributed by atoms with Gasteiger partial charge in [-0.15, -0.1) is 0 Å². The Hall–Kier alpha value is -3.87. The molecular weight excluding hydrogens is 425 g/mol. The number of anilines is 1. The minimum Gasteiger partial charge on any atom is -0.381 e. The number of hydrogen-bond donors (Lipinski definition) is 4. The standard InChI is InChI=1S/C26H27F3N4/c1-4-19-7-9-22(10-8-19)33-25(32-16-21-6-5-11-30-18(21)3)12-17(2)31-15-20-13-23(27)26(29)24(28)14-20/h5-14,30-33H,2-4,15-16H2,1H3/b25-12+. The summed E-state index contributed by atoms with van der Waals surface area (Å²) in [6.07, 6.45) is 8.36. The van der Waals surface area contributed by atoms with Gasteiger partial charge in [0.05, 0.1) is 0 Å². The number of dihydropyridines is 1. The zero-order valence-corrected chi connectivity index (χ0v) is 18.4. The van der Waals surface area contributed by atoms with Crippen molar-refractivity contribution in [2.24, 2.45) is 0 Å². The van der Waals surface area contributed by atoms with Gasteiger partial charge in [-0.3, -0.25) is 0 Å². The minimum atomic E-state index is -1.48. The molecule has 0 radical (unpaired) electrons. The molecule has 172 valence electrons. The van der Waals surface area contributed by atoms with E-state index in [4.69, 9.17) is 0 Å². The lowest BCUT2D eigenvalue weighted by Gasteiger charge is -2.19. The second-order valence-electron chi connectivity index (χ2n) is 7.51. The minimum absolute atomic E-state index is 0.0819. The van der Waals surface area contributed by atoms with Crippen molar-refractivity contribution in [2.45, 2.75) is 19.9 Å². The molecule has 7 heteroatoms. The van der Waals surface area contributed by atoms with Gasteiger partial charge in [-0.25, -0.2) is 13.2 Å². The molecule has 0 unspecified atom stereocenters. The fourth-order valence-electron chi connectivity index (χ4n) is 3.12.